The minimum atomic E-state index is -0.0571. The predicted molar refractivity (Wildman–Crippen MR) is 60.9 cm³/mol. The van der Waals surface area contributed by atoms with Gasteiger partial charge in [-0.05, 0) is 18.2 Å². The van der Waals surface area contributed by atoms with Crippen molar-refractivity contribution in [1.82, 2.24) is 0 Å². The second-order valence-electron chi connectivity index (χ2n) is 3.16. The van der Waals surface area contributed by atoms with Crippen molar-refractivity contribution in [1.29, 1.82) is 0 Å². The van der Waals surface area contributed by atoms with Gasteiger partial charge in [0.05, 0.1) is 10.0 Å². The Morgan fingerprint density at radius 3 is 2.60 bits per heavy atom. The van der Waals surface area contributed by atoms with Gasteiger partial charge in [-0.25, -0.2) is 0 Å². The van der Waals surface area contributed by atoms with Crippen LogP contribution in [0.25, 0.3) is 11.0 Å². The summed E-state index contributed by atoms with van der Waals surface area (Å²) in [6, 6.07) is 4.97. The second kappa shape index (κ2) is 3.87. The number of Topliss-reactive ketones (excluding diaryl/α,β-unsaturated/α-hetero) is 1. The predicted octanol–water partition coefficient (Wildman–Crippen LogP) is 4.33. The molecule has 0 spiro atoms. The standard InChI is InChI=1S/C11H8Cl2O2/c1-2-9(14)10-5-6-7(12)3-4-8(13)11(6)15-10/h3-5H,2H2,1H3. The molecule has 4 heteroatoms. The molecule has 2 rings (SSSR count). The van der Waals surface area contributed by atoms with Crippen molar-refractivity contribution >= 4 is 40.0 Å². The van der Waals surface area contributed by atoms with Crippen molar-refractivity contribution in [2.45, 2.75) is 13.3 Å². The van der Waals surface area contributed by atoms with E-state index in [1.54, 1.807) is 25.1 Å². The third-order valence-corrected chi connectivity index (χ3v) is 2.81. The highest BCUT2D eigenvalue weighted by Crippen LogP contribution is 2.32. The molecule has 0 aliphatic carbocycles. The molecule has 0 saturated carbocycles. The SMILES string of the molecule is CCC(=O)c1cc2c(Cl)ccc(Cl)c2o1. The van der Waals surface area contributed by atoms with Gasteiger partial charge in [0.2, 0.25) is 0 Å². The maximum atomic E-state index is 11.4. The number of benzene rings is 1. The monoisotopic (exact) mass is 242 g/mol. The quantitative estimate of drug-likeness (QED) is 0.734. The van der Waals surface area contributed by atoms with Gasteiger partial charge in [0.25, 0.3) is 0 Å². The maximum Gasteiger partial charge on any atom is 0.197 e. The molecule has 1 aromatic carbocycles. The third-order valence-electron chi connectivity index (χ3n) is 2.18. The summed E-state index contributed by atoms with van der Waals surface area (Å²) in [7, 11) is 0. The Morgan fingerprint density at radius 1 is 1.33 bits per heavy atom. The number of rotatable bonds is 2. The topological polar surface area (TPSA) is 30.2 Å². The molecule has 2 nitrogen and oxygen atoms in total. The Kier molecular flexibility index (Phi) is 2.72. The van der Waals surface area contributed by atoms with Gasteiger partial charge in [-0.1, -0.05) is 30.1 Å². The minimum Gasteiger partial charge on any atom is -0.451 e. The molecular formula is C11H8Cl2O2. The normalized spacial score (nSPS) is 10.9. The zero-order valence-electron chi connectivity index (χ0n) is 8.01. The molecule has 0 fully saturated rings. The number of carbonyl (C=O) groups is 1. The molecule has 2 aromatic rings. The van der Waals surface area contributed by atoms with E-state index in [9.17, 15) is 4.79 Å². The molecule has 0 aliphatic heterocycles. The summed E-state index contributed by atoms with van der Waals surface area (Å²) in [6.45, 7) is 1.78. The first-order chi connectivity index (χ1) is 7.13. The third kappa shape index (κ3) is 1.75. The number of carbonyl (C=O) groups excluding carboxylic acids is 1. The van der Waals surface area contributed by atoms with Crippen LogP contribution in [0.2, 0.25) is 10.0 Å². The largest absolute Gasteiger partial charge is 0.451 e. The fourth-order valence-corrected chi connectivity index (χ4v) is 1.78. The maximum absolute atomic E-state index is 11.4. The van der Waals surface area contributed by atoms with Gasteiger partial charge in [-0.3, -0.25) is 4.79 Å². The van der Waals surface area contributed by atoms with Crippen LogP contribution in [0.15, 0.2) is 22.6 Å². The fourth-order valence-electron chi connectivity index (χ4n) is 1.37. The Morgan fingerprint density at radius 2 is 2.00 bits per heavy atom. The number of fused-ring (bicyclic) bond motifs is 1. The van der Waals surface area contributed by atoms with Crippen LogP contribution in [-0.2, 0) is 0 Å². The number of hydrogen-bond acceptors (Lipinski definition) is 2. The number of halogens is 2. The zero-order chi connectivity index (χ0) is 11.0. The number of furan rings is 1. The molecule has 78 valence electrons. The molecular weight excluding hydrogens is 235 g/mol. The highest BCUT2D eigenvalue weighted by Gasteiger charge is 2.14. The molecule has 0 unspecified atom stereocenters. The van der Waals surface area contributed by atoms with Gasteiger partial charge in [-0.2, -0.15) is 0 Å². The van der Waals surface area contributed by atoms with Crippen LogP contribution < -0.4 is 0 Å². The molecule has 15 heavy (non-hydrogen) atoms. The highest BCUT2D eigenvalue weighted by atomic mass is 35.5. The van der Waals surface area contributed by atoms with Crippen molar-refractivity contribution in [2.24, 2.45) is 0 Å². The summed E-state index contributed by atoms with van der Waals surface area (Å²) in [4.78, 5) is 11.4. The molecule has 0 radical (unpaired) electrons. The van der Waals surface area contributed by atoms with Gasteiger partial charge in [0.1, 0.15) is 0 Å². The van der Waals surface area contributed by atoms with Crippen LogP contribution in [0, 0.1) is 0 Å². The van der Waals surface area contributed by atoms with Gasteiger partial charge < -0.3 is 4.42 Å². The van der Waals surface area contributed by atoms with Crippen LogP contribution in [0.4, 0.5) is 0 Å². The van der Waals surface area contributed by atoms with Crippen molar-refractivity contribution in [2.75, 3.05) is 0 Å². The zero-order valence-corrected chi connectivity index (χ0v) is 9.52. The second-order valence-corrected chi connectivity index (χ2v) is 3.97. The summed E-state index contributed by atoms with van der Waals surface area (Å²) >= 11 is 11.9. The van der Waals surface area contributed by atoms with Crippen molar-refractivity contribution in [3.05, 3.63) is 34.0 Å². The number of hydrogen-bond donors (Lipinski definition) is 0. The van der Waals surface area contributed by atoms with Crippen molar-refractivity contribution < 1.29 is 9.21 Å². The highest BCUT2D eigenvalue weighted by molar-refractivity contribution is 6.39. The lowest BCUT2D eigenvalue weighted by Gasteiger charge is -1.93. The summed E-state index contributed by atoms with van der Waals surface area (Å²) in [5.41, 5.74) is 0.473. The Bertz CT molecular complexity index is 490. The lowest BCUT2D eigenvalue weighted by Crippen LogP contribution is -1.92. The minimum absolute atomic E-state index is 0.0571. The molecule has 1 heterocycles. The average Bonchev–Trinajstić information content (AvgIpc) is 2.68. The van der Waals surface area contributed by atoms with E-state index in [1.165, 1.54) is 0 Å². The molecule has 0 bridgehead atoms. The lowest BCUT2D eigenvalue weighted by atomic mass is 10.2. The van der Waals surface area contributed by atoms with E-state index in [0.29, 0.717) is 33.2 Å². The van der Waals surface area contributed by atoms with Gasteiger partial charge in [-0.15, -0.1) is 0 Å². The number of ketones is 1. The van der Waals surface area contributed by atoms with Crippen LogP contribution in [0.5, 0.6) is 0 Å². The van der Waals surface area contributed by atoms with Crippen LogP contribution >= 0.6 is 23.2 Å². The first-order valence-corrected chi connectivity index (χ1v) is 5.29. The van der Waals surface area contributed by atoms with Crippen LogP contribution in [0.1, 0.15) is 23.9 Å². The first-order valence-electron chi connectivity index (χ1n) is 4.54. The van der Waals surface area contributed by atoms with Gasteiger partial charge in [0, 0.05) is 11.8 Å². The van der Waals surface area contributed by atoms with E-state index in [-0.39, 0.29) is 5.78 Å². The van der Waals surface area contributed by atoms with Crippen molar-refractivity contribution in [3.8, 4) is 0 Å². The average molecular weight is 243 g/mol. The molecule has 0 N–H and O–H groups in total. The molecule has 0 atom stereocenters. The Hall–Kier alpha value is -0.990. The van der Waals surface area contributed by atoms with Crippen molar-refractivity contribution in [3.63, 3.8) is 0 Å². The molecule has 0 saturated heterocycles. The van der Waals surface area contributed by atoms with Gasteiger partial charge >= 0.3 is 0 Å². The van der Waals surface area contributed by atoms with E-state index < -0.39 is 0 Å². The van der Waals surface area contributed by atoms with E-state index in [4.69, 9.17) is 27.6 Å². The Balaban J connectivity index is 2.70. The van der Waals surface area contributed by atoms with Gasteiger partial charge in [0.15, 0.2) is 17.1 Å². The van der Waals surface area contributed by atoms with Crippen LogP contribution in [0.3, 0.4) is 0 Å². The summed E-state index contributed by atoms with van der Waals surface area (Å²) in [5, 5.41) is 1.68. The molecule has 0 aliphatic rings. The summed E-state index contributed by atoms with van der Waals surface area (Å²) < 4.78 is 5.37. The summed E-state index contributed by atoms with van der Waals surface area (Å²) in [6.07, 6.45) is 0.398. The fraction of sp³-hybridized carbons (Fsp3) is 0.182. The van der Waals surface area contributed by atoms with E-state index in [0.717, 1.165) is 0 Å². The van der Waals surface area contributed by atoms with Crippen LogP contribution in [-0.4, -0.2) is 5.78 Å². The smallest absolute Gasteiger partial charge is 0.197 e. The lowest BCUT2D eigenvalue weighted by molar-refractivity contribution is 0.0963. The molecule has 1 aromatic heterocycles. The van der Waals surface area contributed by atoms with E-state index in [1.807, 2.05) is 0 Å². The van der Waals surface area contributed by atoms with E-state index >= 15 is 0 Å². The Labute approximate surface area is 96.8 Å². The molecule has 0 amide bonds. The van der Waals surface area contributed by atoms with E-state index in [2.05, 4.69) is 0 Å². The first kappa shape index (κ1) is 10.5. The summed E-state index contributed by atoms with van der Waals surface area (Å²) in [5.74, 6) is 0.251.